The summed E-state index contributed by atoms with van der Waals surface area (Å²) in [5.41, 5.74) is 0.345. The number of nitrogens with one attached hydrogen (secondary N) is 2. The van der Waals surface area contributed by atoms with Gasteiger partial charge < -0.3 is 5.32 Å². The molecule has 0 aromatic heterocycles. The van der Waals surface area contributed by atoms with E-state index in [1.165, 1.54) is 0 Å². The molecule has 2 N–H and O–H groups in total. The fourth-order valence-electron chi connectivity index (χ4n) is 4.29. The first kappa shape index (κ1) is 17.3. The molecule has 1 saturated heterocycles. The summed E-state index contributed by atoms with van der Waals surface area (Å²) in [6.07, 6.45) is 0. The van der Waals surface area contributed by atoms with E-state index >= 15 is 0 Å². The summed E-state index contributed by atoms with van der Waals surface area (Å²) in [6, 6.07) is 10.4. The monoisotopic (exact) mass is 391 g/mol. The molecule has 0 bridgehead atoms. The van der Waals surface area contributed by atoms with Crippen LogP contribution in [-0.2, 0) is 10.3 Å². The van der Waals surface area contributed by atoms with Gasteiger partial charge in [-0.25, -0.2) is 0 Å². The molecule has 4 atom stereocenters. The molecule has 2 aliphatic rings. The minimum absolute atomic E-state index is 0.346. The van der Waals surface area contributed by atoms with E-state index in [4.69, 9.17) is 23.2 Å². The molecule has 8 heteroatoms. The maximum Gasteiger partial charge on any atom is 0.256 e. The number of nitrogens with zero attached hydrogens (tertiary/aromatic N) is 1. The van der Waals surface area contributed by atoms with E-state index in [0.717, 1.165) is 0 Å². The molecule has 2 aliphatic heterocycles. The topological polar surface area (TPSA) is 84.3 Å². The summed E-state index contributed by atoms with van der Waals surface area (Å²) in [4.78, 5) is 24.7. The fourth-order valence-corrected chi connectivity index (χ4v) is 4.83. The first-order chi connectivity index (χ1) is 12.4. The molecule has 0 aliphatic carbocycles. The Morgan fingerprint density at radius 3 is 2.62 bits per heavy atom. The predicted molar refractivity (Wildman–Crippen MR) is 99.3 cm³/mol. The zero-order valence-corrected chi connectivity index (χ0v) is 15.2. The first-order valence-electron chi connectivity index (χ1n) is 8.13. The van der Waals surface area contributed by atoms with Gasteiger partial charge in [-0.1, -0.05) is 47.5 Å². The van der Waals surface area contributed by atoms with Crippen LogP contribution in [0.3, 0.4) is 0 Å². The molecule has 26 heavy (non-hydrogen) atoms. The lowest BCUT2D eigenvalue weighted by Crippen LogP contribution is -2.54. The van der Waals surface area contributed by atoms with E-state index in [2.05, 4.69) is 10.6 Å². The number of anilines is 1. The summed E-state index contributed by atoms with van der Waals surface area (Å²) < 4.78 is 0. The smallest absolute Gasteiger partial charge is 0.256 e. The van der Waals surface area contributed by atoms with Crippen molar-refractivity contribution in [2.75, 3.05) is 5.32 Å². The van der Waals surface area contributed by atoms with Gasteiger partial charge in [0, 0.05) is 32.3 Å². The average Bonchev–Trinajstić information content (AvgIpc) is 3.03. The van der Waals surface area contributed by atoms with E-state index < -0.39 is 23.4 Å². The molecule has 134 valence electrons. The molecule has 0 radical (unpaired) electrons. The summed E-state index contributed by atoms with van der Waals surface area (Å²) in [7, 11) is 0. The molecule has 2 aromatic carbocycles. The van der Waals surface area contributed by atoms with Gasteiger partial charge >= 0.3 is 0 Å². The number of halogens is 2. The third-order valence-electron chi connectivity index (χ3n) is 5.28. The normalized spacial score (nSPS) is 29.7. The number of rotatable bonds is 2. The highest BCUT2D eigenvalue weighted by molar-refractivity contribution is 6.35. The van der Waals surface area contributed by atoms with E-state index in [9.17, 15) is 14.9 Å². The van der Waals surface area contributed by atoms with Crippen molar-refractivity contribution in [3.8, 4) is 0 Å². The highest BCUT2D eigenvalue weighted by atomic mass is 35.5. The molecule has 0 saturated carbocycles. The molecular weight excluding hydrogens is 377 g/mol. The van der Waals surface area contributed by atoms with E-state index in [1.54, 1.807) is 42.5 Å². The molecule has 6 nitrogen and oxygen atoms in total. The number of carbonyl (C=O) groups excluding carboxylic acids is 1. The lowest BCUT2D eigenvalue weighted by Gasteiger charge is -2.25. The van der Waals surface area contributed by atoms with E-state index in [0.29, 0.717) is 26.9 Å². The van der Waals surface area contributed by atoms with Crippen LogP contribution in [0.25, 0.3) is 0 Å². The number of hydrogen-bond donors (Lipinski definition) is 2. The number of benzene rings is 2. The van der Waals surface area contributed by atoms with Gasteiger partial charge in [0.25, 0.3) is 11.9 Å². The summed E-state index contributed by atoms with van der Waals surface area (Å²) in [5, 5.41) is 18.9. The summed E-state index contributed by atoms with van der Waals surface area (Å²) in [6.45, 7) is 1.83. The molecule has 1 fully saturated rings. The van der Waals surface area contributed by atoms with Crippen LogP contribution in [0.15, 0.2) is 42.5 Å². The van der Waals surface area contributed by atoms with Gasteiger partial charge in [-0.3, -0.25) is 20.2 Å². The van der Waals surface area contributed by atoms with Crippen molar-refractivity contribution >= 4 is 34.8 Å². The Hall–Kier alpha value is -2.15. The lowest BCUT2D eigenvalue weighted by atomic mass is 9.78. The predicted octanol–water partition coefficient (Wildman–Crippen LogP) is 3.56. The quantitative estimate of drug-likeness (QED) is 0.605. The minimum atomic E-state index is -1.44. The number of nitro groups is 1. The molecule has 2 aromatic rings. The van der Waals surface area contributed by atoms with Crippen LogP contribution >= 0.6 is 23.2 Å². The van der Waals surface area contributed by atoms with E-state index in [-0.39, 0.29) is 11.0 Å². The minimum Gasteiger partial charge on any atom is -0.324 e. The van der Waals surface area contributed by atoms with Crippen LogP contribution in [0.5, 0.6) is 0 Å². The number of fused-ring (bicyclic) bond motifs is 2. The number of carbonyl (C=O) groups is 1. The van der Waals surface area contributed by atoms with Gasteiger partial charge in [0.15, 0.2) is 5.54 Å². The Kier molecular flexibility index (Phi) is 3.95. The number of amides is 1. The molecular formula is C18H15Cl2N3O3. The van der Waals surface area contributed by atoms with Gasteiger partial charge in [0.2, 0.25) is 0 Å². The van der Waals surface area contributed by atoms with Crippen LogP contribution in [0.2, 0.25) is 10.0 Å². The second-order valence-corrected chi connectivity index (χ2v) is 7.51. The van der Waals surface area contributed by atoms with Crippen molar-refractivity contribution in [1.29, 1.82) is 0 Å². The van der Waals surface area contributed by atoms with Gasteiger partial charge in [-0.15, -0.1) is 0 Å². The molecule has 0 unspecified atom stereocenters. The third-order valence-corrected chi connectivity index (χ3v) is 5.85. The van der Waals surface area contributed by atoms with Crippen molar-refractivity contribution < 1.29 is 9.72 Å². The third kappa shape index (κ3) is 2.26. The SMILES string of the molecule is C[C@@H]1N[C@]2(C(=O)Nc3ccccc32)[C@@H]([N+](=O)[O-])[C@H]1c1ccc(Cl)cc1Cl. The Bertz CT molecular complexity index is 936. The van der Waals surface area contributed by atoms with Crippen molar-refractivity contribution in [3.05, 3.63) is 73.8 Å². The zero-order chi connectivity index (χ0) is 18.6. The highest BCUT2D eigenvalue weighted by Gasteiger charge is 2.67. The van der Waals surface area contributed by atoms with Crippen LogP contribution in [0.1, 0.15) is 24.0 Å². The zero-order valence-electron chi connectivity index (χ0n) is 13.7. The number of para-hydroxylation sites is 1. The maximum absolute atomic E-state index is 12.9. The Morgan fingerprint density at radius 1 is 1.19 bits per heavy atom. The van der Waals surface area contributed by atoms with Gasteiger partial charge in [0.1, 0.15) is 0 Å². The maximum atomic E-state index is 12.9. The van der Waals surface area contributed by atoms with Gasteiger partial charge in [0.05, 0.1) is 5.92 Å². The number of hydrogen-bond acceptors (Lipinski definition) is 4. The molecule has 2 heterocycles. The van der Waals surface area contributed by atoms with Gasteiger partial charge in [-0.05, 0) is 30.7 Å². The molecule has 4 rings (SSSR count). The Balaban J connectivity index is 1.92. The average molecular weight is 392 g/mol. The Morgan fingerprint density at radius 2 is 1.92 bits per heavy atom. The van der Waals surface area contributed by atoms with Crippen LogP contribution in [0.4, 0.5) is 5.69 Å². The van der Waals surface area contributed by atoms with Crippen LogP contribution in [-0.4, -0.2) is 22.9 Å². The van der Waals surface area contributed by atoms with Crippen molar-refractivity contribution in [2.45, 2.75) is 30.5 Å². The van der Waals surface area contributed by atoms with Crippen molar-refractivity contribution in [2.24, 2.45) is 0 Å². The van der Waals surface area contributed by atoms with Crippen LogP contribution < -0.4 is 10.6 Å². The fraction of sp³-hybridized carbons (Fsp3) is 0.278. The molecule has 1 amide bonds. The van der Waals surface area contributed by atoms with E-state index in [1.807, 2.05) is 6.92 Å². The molecule has 1 spiro atoms. The van der Waals surface area contributed by atoms with Crippen LogP contribution in [0, 0.1) is 10.1 Å². The summed E-state index contributed by atoms with van der Waals surface area (Å²) in [5.74, 6) is -1.01. The Labute approximate surface area is 159 Å². The second kappa shape index (κ2) is 5.94. The highest BCUT2D eigenvalue weighted by Crippen LogP contribution is 2.50. The first-order valence-corrected chi connectivity index (χ1v) is 8.89. The standard InChI is InChI=1S/C18H15Cl2N3O3/c1-9-15(11-7-6-10(19)8-13(11)20)16(23(25)26)18(22-9)12-4-2-3-5-14(12)21-17(18)24/h2-9,15-16,22H,1H3,(H,21,24)/t9-,15+,16-,18-/m0/s1. The second-order valence-electron chi connectivity index (χ2n) is 6.66. The lowest BCUT2D eigenvalue weighted by molar-refractivity contribution is -0.532. The van der Waals surface area contributed by atoms with Crippen molar-refractivity contribution in [3.63, 3.8) is 0 Å². The van der Waals surface area contributed by atoms with Gasteiger partial charge in [-0.2, -0.15) is 0 Å². The largest absolute Gasteiger partial charge is 0.324 e. The summed E-state index contributed by atoms with van der Waals surface area (Å²) >= 11 is 12.3. The van der Waals surface area contributed by atoms with Crippen molar-refractivity contribution in [1.82, 2.24) is 5.32 Å².